The van der Waals surface area contributed by atoms with E-state index in [1.807, 2.05) is 55.4 Å². The number of hydrogen-bond acceptors (Lipinski definition) is 0. The van der Waals surface area contributed by atoms with Crippen LogP contribution in [0.15, 0.2) is 0 Å². The van der Waals surface area contributed by atoms with E-state index in [0.29, 0.717) is 16.2 Å². The number of rotatable bonds is 24. The normalized spacial score (nSPS) is 13.0. The van der Waals surface area contributed by atoms with Crippen molar-refractivity contribution >= 4 is 0 Å². The highest BCUT2D eigenvalue weighted by Gasteiger charge is 2.33. The van der Waals surface area contributed by atoms with E-state index in [0.717, 1.165) is 71.0 Å². The molecule has 65 heavy (non-hydrogen) atoms. The molecule has 0 aliphatic rings. The Bertz CT molecular complexity index is 660. The summed E-state index contributed by atoms with van der Waals surface area (Å²) in [6.45, 7) is 77.8. The molecular weight excluding hydrogens is 781 g/mol. The fraction of sp³-hybridized carbons (Fsp3) is 1.00. The molecule has 0 bridgehead atoms. The van der Waals surface area contributed by atoms with Crippen molar-refractivity contribution in [1.82, 2.24) is 0 Å². The van der Waals surface area contributed by atoms with Gasteiger partial charge < -0.3 is 0 Å². The fourth-order valence-corrected chi connectivity index (χ4v) is 9.96. The summed E-state index contributed by atoms with van der Waals surface area (Å²) in [5.74, 6) is 10.9. The van der Waals surface area contributed by atoms with E-state index < -0.39 is 0 Å². The van der Waals surface area contributed by atoms with Gasteiger partial charge in [-0.1, -0.05) is 319 Å². The monoisotopic (exact) mass is 927 g/mol. The fourth-order valence-electron chi connectivity index (χ4n) is 9.96. The Hall–Kier alpha value is 0. The summed E-state index contributed by atoms with van der Waals surface area (Å²) in [4.78, 5) is 0. The van der Waals surface area contributed by atoms with Crippen LogP contribution in [0.5, 0.6) is 0 Å². The number of hydrogen-bond donors (Lipinski definition) is 0. The maximum atomic E-state index is 2.46. The van der Waals surface area contributed by atoms with Gasteiger partial charge in [0.05, 0.1) is 0 Å². The predicted octanol–water partition coefficient (Wildman–Crippen LogP) is 25.2. The first-order chi connectivity index (χ1) is 30.3. The van der Waals surface area contributed by atoms with Gasteiger partial charge in [0.2, 0.25) is 0 Å². The smallest absolute Gasteiger partial charge is 0.0355 e. The topological polar surface area (TPSA) is 0 Å². The Morgan fingerprint density at radius 3 is 0.385 bits per heavy atom. The van der Waals surface area contributed by atoms with Crippen LogP contribution in [-0.4, -0.2) is 0 Å². The van der Waals surface area contributed by atoms with E-state index in [9.17, 15) is 0 Å². The Labute approximate surface area is 423 Å². The van der Waals surface area contributed by atoms with E-state index in [1.54, 1.807) is 0 Å². The highest BCUT2D eigenvalue weighted by atomic mass is 14.4. The maximum Gasteiger partial charge on any atom is -0.0355 e. The van der Waals surface area contributed by atoms with Crippen molar-refractivity contribution in [2.24, 2.45) is 87.3 Å². The van der Waals surface area contributed by atoms with Crippen molar-refractivity contribution in [2.45, 2.75) is 338 Å². The first-order valence-electron chi connectivity index (χ1n) is 30.3. The summed E-state index contributed by atoms with van der Waals surface area (Å²) >= 11 is 0. The van der Waals surface area contributed by atoms with Crippen LogP contribution in [-0.2, 0) is 0 Å². The molecule has 0 radical (unpaired) electrons. The average Bonchev–Trinajstić information content (AvgIpc) is 3.28. The molecule has 406 valence electrons. The molecule has 0 rings (SSSR count). The Morgan fingerprint density at radius 2 is 0.323 bits per heavy atom. The van der Waals surface area contributed by atoms with E-state index in [4.69, 9.17) is 0 Å². The molecule has 0 saturated carbocycles. The van der Waals surface area contributed by atoms with Gasteiger partial charge in [-0.15, -0.1) is 0 Å². The molecule has 3 atom stereocenters. The van der Waals surface area contributed by atoms with Gasteiger partial charge in [-0.05, 0) is 107 Å². The molecule has 3 unspecified atom stereocenters. The van der Waals surface area contributed by atoms with Gasteiger partial charge in [0.15, 0.2) is 0 Å². The van der Waals surface area contributed by atoms with Gasteiger partial charge in [0, 0.05) is 0 Å². The zero-order valence-electron chi connectivity index (χ0n) is 53.7. The molecule has 0 nitrogen and oxygen atoms in total. The molecule has 0 aromatic rings. The molecule has 0 aliphatic heterocycles. The Kier molecular flexibility index (Phi) is 65.4. The maximum absolute atomic E-state index is 2.46. The highest BCUT2D eigenvalue weighted by Crippen LogP contribution is 2.43. The van der Waals surface area contributed by atoms with E-state index in [1.165, 1.54) is 103 Å². The minimum absolute atomic E-state index is 0.455. The quantitative estimate of drug-likeness (QED) is 0.0905. The lowest BCUT2D eigenvalue weighted by Gasteiger charge is -2.38. The minimum atomic E-state index is 0.455. The molecule has 0 aromatic heterocycles. The van der Waals surface area contributed by atoms with Gasteiger partial charge in [-0.2, -0.15) is 0 Å². The van der Waals surface area contributed by atoms with Crippen LogP contribution < -0.4 is 0 Å². The second-order valence-electron chi connectivity index (χ2n) is 22.7. The molecule has 0 heterocycles. The SMILES string of the molecule is CC.CC.CC.CC.CCC.CCC(CC)C(CC(C)C(C)(C)C)C(CC)CC.CCC(CC)C(CC(C)C(C)(C)C)C(CC)CC.CCC(CC)C(CC(C)C(C)(C)C)C(CC)CC. The second-order valence-corrected chi connectivity index (χ2v) is 22.7. The van der Waals surface area contributed by atoms with Crippen LogP contribution in [0.1, 0.15) is 338 Å². The van der Waals surface area contributed by atoms with Gasteiger partial charge in [0.1, 0.15) is 0 Å². The average molecular weight is 928 g/mol. The highest BCUT2D eigenvalue weighted by molar-refractivity contribution is 4.83. The van der Waals surface area contributed by atoms with Crippen molar-refractivity contribution in [3.63, 3.8) is 0 Å². The lowest BCUT2D eigenvalue weighted by molar-refractivity contribution is 0.124. The standard InChI is InChI=1S/3C18H38.C3H8.4C2H6/c3*1-9-15(10-2)17(16(11-3)12-4)13-14(5)18(6,7)8;1-3-2;4*1-2/h3*14-17H,9-13H2,1-8H3;3H2,1-2H3;4*1-2H3. The van der Waals surface area contributed by atoms with Crippen molar-refractivity contribution in [2.75, 3.05) is 0 Å². The van der Waals surface area contributed by atoms with Crippen LogP contribution in [0.25, 0.3) is 0 Å². The third-order valence-electron chi connectivity index (χ3n) is 16.2. The molecule has 0 spiro atoms. The molecule has 0 aliphatic carbocycles. The van der Waals surface area contributed by atoms with Crippen molar-refractivity contribution in [3.8, 4) is 0 Å². The van der Waals surface area contributed by atoms with Crippen LogP contribution in [0.2, 0.25) is 0 Å². The van der Waals surface area contributed by atoms with E-state index in [-0.39, 0.29) is 0 Å². The van der Waals surface area contributed by atoms with Crippen molar-refractivity contribution < 1.29 is 0 Å². The molecule has 0 aromatic carbocycles. The van der Waals surface area contributed by atoms with Gasteiger partial charge in [-0.3, -0.25) is 0 Å². The summed E-state index contributed by atoms with van der Waals surface area (Å²) in [7, 11) is 0. The lowest BCUT2D eigenvalue weighted by atomic mass is 9.68. The first kappa shape index (κ1) is 81.9. The molecule has 0 saturated heterocycles. The Balaban J connectivity index is -0.000000112. The van der Waals surface area contributed by atoms with Crippen LogP contribution >= 0.6 is 0 Å². The Morgan fingerprint density at radius 1 is 0.231 bits per heavy atom. The summed E-state index contributed by atoms with van der Waals surface area (Å²) in [6.07, 6.45) is 21.8. The van der Waals surface area contributed by atoms with Crippen molar-refractivity contribution in [3.05, 3.63) is 0 Å². The van der Waals surface area contributed by atoms with Crippen molar-refractivity contribution in [1.29, 1.82) is 0 Å². The zero-order valence-corrected chi connectivity index (χ0v) is 53.7. The molecule has 0 N–H and O–H groups in total. The summed E-state index contributed by atoms with van der Waals surface area (Å²) in [5, 5.41) is 0. The van der Waals surface area contributed by atoms with E-state index in [2.05, 4.69) is 180 Å². The van der Waals surface area contributed by atoms with E-state index >= 15 is 0 Å². The minimum Gasteiger partial charge on any atom is -0.0683 e. The summed E-state index contributed by atoms with van der Waals surface area (Å²) in [5.41, 5.74) is 1.36. The van der Waals surface area contributed by atoms with Crippen LogP contribution in [0.3, 0.4) is 0 Å². The first-order valence-corrected chi connectivity index (χ1v) is 30.3. The van der Waals surface area contributed by atoms with Crippen LogP contribution in [0.4, 0.5) is 0 Å². The van der Waals surface area contributed by atoms with Crippen LogP contribution in [0, 0.1) is 87.3 Å². The lowest BCUT2D eigenvalue weighted by Crippen LogP contribution is -2.28. The predicted molar refractivity (Wildman–Crippen MR) is 316 cm³/mol. The third kappa shape index (κ3) is 40.4. The largest absolute Gasteiger partial charge is 0.0683 e. The van der Waals surface area contributed by atoms with Gasteiger partial charge in [0.25, 0.3) is 0 Å². The zero-order chi connectivity index (χ0) is 53.7. The molecule has 0 heteroatoms. The molecule has 0 fully saturated rings. The second kappa shape index (κ2) is 51.8. The molecule has 0 amide bonds. The third-order valence-corrected chi connectivity index (χ3v) is 16.2. The molecular formula is C65H146. The van der Waals surface area contributed by atoms with Gasteiger partial charge in [-0.25, -0.2) is 0 Å². The van der Waals surface area contributed by atoms with Gasteiger partial charge >= 0.3 is 0 Å². The summed E-state index contributed by atoms with van der Waals surface area (Å²) < 4.78 is 0. The summed E-state index contributed by atoms with van der Waals surface area (Å²) in [6, 6.07) is 0.